The minimum absolute atomic E-state index is 0.263. The molecule has 1 atom stereocenters. The summed E-state index contributed by atoms with van der Waals surface area (Å²) in [6, 6.07) is -0.399. The van der Waals surface area contributed by atoms with Gasteiger partial charge in [0.25, 0.3) is 0 Å². The highest BCUT2D eigenvalue weighted by Crippen LogP contribution is 2.24. The van der Waals surface area contributed by atoms with Crippen molar-refractivity contribution >= 4 is 12.0 Å². The Morgan fingerprint density at radius 2 is 1.74 bits per heavy atom. The van der Waals surface area contributed by atoms with Gasteiger partial charge in [0, 0.05) is 32.2 Å². The molecule has 0 unspecified atom stereocenters. The van der Waals surface area contributed by atoms with Crippen molar-refractivity contribution in [2.75, 3.05) is 26.2 Å². The van der Waals surface area contributed by atoms with E-state index in [9.17, 15) is 9.59 Å². The number of carbonyl (C=O) groups excluding carboxylic acids is 1. The van der Waals surface area contributed by atoms with E-state index in [-0.39, 0.29) is 6.03 Å². The third-order valence-corrected chi connectivity index (χ3v) is 4.15. The van der Waals surface area contributed by atoms with Gasteiger partial charge >= 0.3 is 12.0 Å². The molecule has 0 spiro atoms. The molecule has 1 heterocycles. The first-order chi connectivity index (χ1) is 9.08. The Bertz CT molecular complexity index is 334. The molecule has 2 N–H and O–H groups in total. The van der Waals surface area contributed by atoms with Gasteiger partial charge < -0.3 is 15.3 Å². The van der Waals surface area contributed by atoms with Gasteiger partial charge in [-0.05, 0) is 19.8 Å². The fourth-order valence-corrected chi connectivity index (χ4v) is 2.90. The number of carbonyl (C=O) groups is 2. The van der Waals surface area contributed by atoms with E-state index in [2.05, 4.69) is 10.2 Å². The molecule has 0 radical (unpaired) electrons. The van der Waals surface area contributed by atoms with Crippen molar-refractivity contribution in [2.24, 2.45) is 0 Å². The van der Waals surface area contributed by atoms with Crippen molar-refractivity contribution in [1.82, 2.24) is 15.1 Å². The van der Waals surface area contributed by atoms with Crippen LogP contribution in [0.1, 0.15) is 32.6 Å². The number of piperazine rings is 1. The topological polar surface area (TPSA) is 72.9 Å². The number of carboxylic acids is 1. The number of hydrogen-bond donors (Lipinski definition) is 2. The van der Waals surface area contributed by atoms with Crippen molar-refractivity contribution < 1.29 is 14.7 Å². The van der Waals surface area contributed by atoms with Gasteiger partial charge in [0.2, 0.25) is 0 Å². The molecule has 108 valence electrons. The number of rotatable bonds is 3. The SMILES string of the molecule is C[C@@H](NC(=O)N1CCN(C2CCCC2)CC1)C(=O)O. The fourth-order valence-electron chi connectivity index (χ4n) is 2.90. The summed E-state index contributed by atoms with van der Waals surface area (Å²) in [5.74, 6) is -1.00. The molecule has 1 saturated carbocycles. The minimum Gasteiger partial charge on any atom is -0.480 e. The van der Waals surface area contributed by atoms with E-state index in [4.69, 9.17) is 5.11 Å². The van der Waals surface area contributed by atoms with Crippen molar-refractivity contribution in [1.29, 1.82) is 0 Å². The van der Waals surface area contributed by atoms with E-state index in [1.807, 2.05) is 0 Å². The maximum Gasteiger partial charge on any atom is 0.325 e. The van der Waals surface area contributed by atoms with Crippen LogP contribution in [0.15, 0.2) is 0 Å². The van der Waals surface area contributed by atoms with Crippen LogP contribution in [0, 0.1) is 0 Å². The molecule has 6 heteroatoms. The molecule has 0 bridgehead atoms. The van der Waals surface area contributed by atoms with Crippen molar-refractivity contribution in [2.45, 2.75) is 44.7 Å². The van der Waals surface area contributed by atoms with Gasteiger partial charge in [-0.3, -0.25) is 9.69 Å². The van der Waals surface area contributed by atoms with E-state index in [0.717, 1.165) is 13.1 Å². The Balaban J connectivity index is 1.76. The zero-order chi connectivity index (χ0) is 13.8. The quantitative estimate of drug-likeness (QED) is 0.792. The van der Waals surface area contributed by atoms with Gasteiger partial charge in [-0.2, -0.15) is 0 Å². The second-order valence-corrected chi connectivity index (χ2v) is 5.47. The number of nitrogens with one attached hydrogen (secondary N) is 1. The first kappa shape index (κ1) is 14.1. The molecule has 0 aromatic heterocycles. The second-order valence-electron chi connectivity index (χ2n) is 5.47. The Labute approximate surface area is 113 Å². The Morgan fingerprint density at radius 1 is 1.16 bits per heavy atom. The maximum atomic E-state index is 11.9. The van der Waals surface area contributed by atoms with Gasteiger partial charge in [-0.1, -0.05) is 12.8 Å². The van der Waals surface area contributed by atoms with Gasteiger partial charge in [0.15, 0.2) is 0 Å². The van der Waals surface area contributed by atoms with E-state index in [1.54, 1.807) is 4.90 Å². The van der Waals surface area contributed by atoms with Gasteiger partial charge in [0.05, 0.1) is 0 Å². The smallest absolute Gasteiger partial charge is 0.325 e. The number of hydrogen-bond acceptors (Lipinski definition) is 3. The highest BCUT2D eigenvalue weighted by molar-refractivity contribution is 5.82. The molecule has 2 rings (SSSR count). The zero-order valence-corrected chi connectivity index (χ0v) is 11.5. The van der Waals surface area contributed by atoms with E-state index >= 15 is 0 Å². The number of aliphatic carboxylic acids is 1. The zero-order valence-electron chi connectivity index (χ0n) is 11.5. The monoisotopic (exact) mass is 269 g/mol. The molecule has 2 fully saturated rings. The maximum absolute atomic E-state index is 11.9. The minimum atomic E-state index is -1.00. The lowest BCUT2D eigenvalue weighted by atomic mass is 10.2. The molecule has 2 amide bonds. The summed E-state index contributed by atoms with van der Waals surface area (Å²) in [5.41, 5.74) is 0. The summed E-state index contributed by atoms with van der Waals surface area (Å²) >= 11 is 0. The van der Waals surface area contributed by atoms with Crippen LogP contribution in [0.3, 0.4) is 0 Å². The van der Waals surface area contributed by atoms with Crippen LogP contribution in [-0.4, -0.2) is 65.2 Å². The summed E-state index contributed by atoms with van der Waals surface area (Å²) in [6.07, 6.45) is 5.20. The van der Waals surface area contributed by atoms with E-state index < -0.39 is 12.0 Å². The summed E-state index contributed by atoms with van der Waals surface area (Å²) in [5, 5.41) is 11.3. The molecule has 0 aromatic carbocycles. The molecule has 19 heavy (non-hydrogen) atoms. The third-order valence-electron chi connectivity index (χ3n) is 4.15. The largest absolute Gasteiger partial charge is 0.480 e. The van der Waals surface area contributed by atoms with Crippen LogP contribution in [0.2, 0.25) is 0 Å². The lowest BCUT2D eigenvalue weighted by Gasteiger charge is -2.38. The van der Waals surface area contributed by atoms with Crippen LogP contribution in [0.5, 0.6) is 0 Å². The number of urea groups is 1. The van der Waals surface area contributed by atoms with Gasteiger partial charge in [-0.15, -0.1) is 0 Å². The fraction of sp³-hybridized carbons (Fsp3) is 0.846. The average molecular weight is 269 g/mol. The van der Waals surface area contributed by atoms with E-state index in [0.29, 0.717) is 19.1 Å². The molecule has 1 aliphatic carbocycles. The highest BCUT2D eigenvalue weighted by Gasteiger charge is 2.28. The standard InChI is InChI=1S/C13H23N3O3/c1-10(12(17)18)14-13(19)16-8-6-15(7-9-16)11-4-2-3-5-11/h10-11H,2-9H2,1H3,(H,14,19)(H,17,18)/t10-/m1/s1. The number of nitrogens with zero attached hydrogens (tertiary/aromatic N) is 2. The molecular formula is C13H23N3O3. The first-order valence-corrected chi connectivity index (χ1v) is 7.10. The van der Waals surface area contributed by atoms with Crippen LogP contribution in [0.4, 0.5) is 4.79 Å². The summed E-state index contributed by atoms with van der Waals surface area (Å²) in [7, 11) is 0. The highest BCUT2D eigenvalue weighted by atomic mass is 16.4. The third kappa shape index (κ3) is 3.59. The van der Waals surface area contributed by atoms with Crippen LogP contribution in [0.25, 0.3) is 0 Å². The Hall–Kier alpha value is -1.30. The van der Waals surface area contributed by atoms with Crippen LogP contribution < -0.4 is 5.32 Å². The second kappa shape index (κ2) is 6.23. The lowest BCUT2D eigenvalue weighted by molar-refractivity contribution is -0.138. The number of carboxylic acid groups (broad SMARTS) is 1. The summed E-state index contributed by atoms with van der Waals surface area (Å²) in [4.78, 5) is 26.8. The predicted octanol–water partition coefficient (Wildman–Crippen LogP) is 0.729. The molecular weight excluding hydrogens is 246 g/mol. The number of amides is 2. The van der Waals surface area contributed by atoms with Crippen molar-refractivity contribution in [3.63, 3.8) is 0 Å². The predicted molar refractivity (Wildman–Crippen MR) is 71.0 cm³/mol. The van der Waals surface area contributed by atoms with Gasteiger partial charge in [0.1, 0.15) is 6.04 Å². The first-order valence-electron chi connectivity index (χ1n) is 7.10. The molecule has 2 aliphatic rings. The Kier molecular flexibility index (Phi) is 4.63. The summed E-state index contributed by atoms with van der Waals surface area (Å²) in [6.45, 7) is 4.66. The van der Waals surface area contributed by atoms with E-state index in [1.165, 1.54) is 32.6 Å². The molecule has 0 aromatic rings. The average Bonchev–Trinajstić information content (AvgIpc) is 2.92. The molecule has 6 nitrogen and oxygen atoms in total. The van der Waals surface area contributed by atoms with Crippen molar-refractivity contribution in [3.8, 4) is 0 Å². The molecule has 1 aliphatic heterocycles. The summed E-state index contributed by atoms with van der Waals surface area (Å²) < 4.78 is 0. The van der Waals surface area contributed by atoms with Crippen LogP contribution >= 0.6 is 0 Å². The normalized spacial score (nSPS) is 23.3. The van der Waals surface area contributed by atoms with Gasteiger partial charge in [-0.25, -0.2) is 4.79 Å². The lowest BCUT2D eigenvalue weighted by Crippen LogP contribution is -2.55. The van der Waals surface area contributed by atoms with Crippen LogP contribution in [-0.2, 0) is 4.79 Å². The molecule has 1 saturated heterocycles. The van der Waals surface area contributed by atoms with Crippen molar-refractivity contribution in [3.05, 3.63) is 0 Å². The Morgan fingerprint density at radius 3 is 2.26 bits per heavy atom.